The minimum Gasteiger partial charge on any atom is -0.355 e. The number of piperidine rings is 1. The first-order valence-corrected chi connectivity index (χ1v) is 5.53. The van der Waals surface area contributed by atoms with Gasteiger partial charge in [0.05, 0.1) is 5.92 Å². The molecule has 1 heterocycles. The van der Waals surface area contributed by atoms with Crippen molar-refractivity contribution in [2.75, 3.05) is 6.54 Å². The van der Waals surface area contributed by atoms with Gasteiger partial charge >= 0.3 is 0 Å². The van der Waals surface area contributed by atoms with Gasteiger partial charge in [0.15, 0.2) is 0 Å². The van der Waals surface area contributed by atoms with Gasteiger partial charge in [-0.2, -0.15) is 0 Å². The van der Waals surface area contributed by atoms with E-state index in [-0.39, 0.29) is 23.3 Å². The molecule has 2 amide bonds. The first-order valence-electron chi connectivity index (χ1n) is 5.53. The summed E-state index contributed by atoms with van der Waals surface area (Å²) in [5.41, 5.74) is -0.154. The molecule has 1 unspecified atom stereocenters. The van der Waals surface area contributed by atoms with Crippen molar-refractivity contribution in [3.8, 4) is 0 Å². The summed E-state index contributed by atoms with van der Waals surface area (Å²) >= 11 is 0. The van der Waals surface area contributed by atoms with E-state index in [1.807, 2.05) is 20.8 Å². The van der Waals surface area contributed by atoms with Gasteiger partial charge in [-0.1, -0.05) is 6.92 Å². The maximum atomic E-state index is 11.8. The third-order valence-electron chi connectivity index (χ3n) is 2.98. The molecule has 0 aromatic rings. The molecule has 0 radical (unpaired) electrons. The highest BCUT2D eigenvalue weighted by Gasteiger charge is 2.27. The Labute approximate surface area is 90.8 Å². The number of carbonyl (C=O) groups excluding carboxylic acids is 2. The molecule has 1 rings (SSSR count). The maximum Gasteiger partial charge on any atom is 0.225 e. The van der Waals surface area contributed by atoms with Crippen LogP contribution in [0.2, 0.25) is 0 Å². The molecule has 0 spiro atoms. The quantitative estimate of drug-likeness (QED) is 0.727. The van der Waals surface area contributed by atoms with Gasteiger partial charge in [0.2, 0.25) is 11.8 Å². The maximum absolute atomic E-state index is 11.8. The number of nitrogens with one attached hydrogen (secondary N) is 2. The van der Waals surface area contributed by atoms with Gasteiger partial charge < -0.3 is 10.6 Å². The lowest BCUT2D eigenvalue weighted by molar-refractivity contribution is -0.130. The van der Waals surface area contributed by atoms with Crippen molar-refractivity contribution in [1.82, 2.24) is 10.6 Å². The fourth-order valence-electron chi connectivity index (χ4n) is 1.48. The van der Waals surface area contributed by atoms with Crippen LogP contribution in [-0.2, 0) is 9.59 Å². The van der Waals surface area contributed by atoms with E-state index in [1.54, 1.807) is 0 Å². The normalized spacial score (nSPS) is 22.1. The largest absolute Gasteiger partial charge is 0.355 e. The highest BCUT2D eigenvalue weighted by Crippen LogP contribution is 2.14. The molecule has 1 atom stereocenters. The van der Waals surface area contributed by atoms with E-state index in [1.165, 1.54) is 0 Å². The Morgan fingerprint density at radius 2 is 2.27 bits per heavy atom. The number of rotatable bonds is 3. The average Bonchev–Trinajstić information content (AvgIpc) is 2.18. The highest BCUT2D eigenvalue weighted by atomic mass is 16.2. The molecule has 4 nitrogen and oxygen atoms in total. The number of hydrogen-bond acceptors (Lipinski definition) is 2. The molecule has 0 aromatic carbocycles. The molecule has 2 N–H and O–H groups in total. The summed E-state index contributed by atoms with van der Waals surface area (Å²) in [6.07, 6.45) is 2.03. The molecule has 0 aliphatic carbocycles. The molecule has 1 saturated heterocycles. The van der Waals surface area contributed by atoms with Gasteiger partial charge in [0.25, 0.3) is 0 Å². The molecule has 0 aromatic heterocycles. The van der Waals surface area contributed by atoms with Gasteiger partial charge in [-0.3, -0.25) is 9.59 Å². The molecular formula is C11H20N2O2. The van der Waals surface area contributed by atoms with E-state index in [9.17, 15) is 9.59 Å². The Morgan fingerprint density at radius 1 is 1.60 bits per heavy atom. The molecule has 86 valence electrons. The molecule has 15 heavy (non-hydrogen) atoms. The zero-order chi connectivity index (χ0) is 11.5. The van der Waals surface area contributed by atoms with Crippen molar-refractivity contribution in [1.29, 1.82) is 0 Å². The van der Waals surface area contributed by atoms with Gasteiger partial charge in [-0.15, -0.1) is 0 Å². The second-order valence-corrected chi connectivity index (χ2v) is 4.77. The van der Waals surface area contributed by atoms with Crippen LogP contribution in [0.3, 0.4) is 0 Å². The number of amides is 2. The smallest absolute Gasteiger partial charge is 0.225 e. The Morgan fingerprint density at radius 3 is 2.73 bits per heavy atom. The summed E-state index contributed by atoms with van der Waals surface area (Å²) in [7, 11) is 0. The van der Waals surface area contributed by atoms with Crippen molar-refractivity contribution in [3.63, 3.8) is 0 Å². The molecule has 0 saturated carbocycles. The molecule has 1 fully saturated rings. The fourth-order valence-corrected chi connectivity index (χ4v) is 1.48. The van der Waals surface area contributed by atoms with Crippen molar-refractivity contribution >= 4 is 11.8 Å². The molecular weight excluding hydrogens is 192 g/mol. The van der Waals surface area contributed by atoms with E-state index >= 15 is 0 Å². The lowest BCUT2D eigenvalue weighted by atomic mass is 9.95. The van der Waals surface area contributed by atoms with Crippen LogP contribution in [0.1, 0.15) is 40.0 Å². The Kier molecular flexibility index (Phi) is 3.72. The van der Waals surface area contributed by atoms with Crippen molar-refractivity contribution < 1.29 is 9.59 Å². The molecule has 4 heteroatoms. The second kappa shape index (κ2) is 4.64. The SMILES string of the molecule is CCC(C)(C)NC(=O)C1CCC(=O)NC1. The predicted octanol–water partition coefficient (Wildman–Crippen LogP) is 0.817. The Hall–Kier alpha value is -1.06. The van der Waals surface area contributed by atoms with E-state index in [0.29, 0.717) is 19.4 Å². The van der Waals surface area contributed by atoms with Crippen LogP contribution in [0, 0.1) is 5.92 Å². The minimum atomic E-state index is -0.154. The van der Waals surface area contributed by atoms with Crippen LogP contribution in [0.25, 0.3) is 0 Å². The Balaban J connectivity index is 2.44. The fraction of sp³-hybridized carbons (Fsp3) is 0.818. The van der Waals surface area contributed by atoms with Crippen LogP contribution in [0.5, 0.6) is 0 Å². The van der Waals surface area contributed by atoms with E-state index in [4.69, 9.17) is 0 Å². The highest BCUT2D eigenvalue weighted by molar-refractivity contribution is 5.84. The van der Waals surface area contributed by atoms with Gasteiger partial charge in [0, 0.05) is 18.5 Å². The van der Waals surface area contributed by atoms with E-state index < -0.39 is 0 Å². The zero-order valence-electron chi connectivity index (χ0n) is 9.72. The molecule has 0 bridgehead atoms. The van der Waals surface area contributed by atoms with Crippen LogP contribution in [-0.4, -0.2) is 23.9 Å². The lowest BCUT2D eigenvalue weighted by Crippen LogP contribution is -2.49. The van der Waals surface area contributed by atoms with E-state index in [0.717, 1.165) is 6.42 Å². The topological polar surface area (TPSA) is 58.2 Å². The van der Waals surface area contributed by atoms with Crippen LogP contribution in [0.4, 0.5) is 0 Å². The second-order valence-electron chi connectivity index (χ2n) is 4.77. The monoisotopic (exact) mass is 212 g/mol. The van der Waals surface area contributed by atoms with Gasteiger partial charge in [-0.05, 0) is 26.7 Å². The van der Waals surface area contributed by atoms with Crippen LogP contribution < -0.4 is 10.6 Å². The minimum absolute atomic E-state index is 0.0498. The van der Waals surface area contributed by atoms with Crippen LogP contribution in [0.15, 0.2) is 0 Å². The van der Waals surface area contributed by atoms with E-state index in [2.05, 4.69) is 10.6 Å². The van der Waals surface area contributed by atoms with Gasteiger partial charge in [-0.25, -0.2) is 0 Å². The zero-order valence-corrected chi connectivity index (χ0v) is 9.72. The number of hydrogen-bond donors (Lipinski definition) is 2. The first-order chi connectivity index (χ1) is 6.94. The average molecular weight is 212 g/mol. The first kappa shape index (κ1) is 12.0. The standard InChI is InChI=1S/C11H20N2O2/c1-4-11(2,3)13-10(15)8-5-6-9(14)12-7-8/h8H,4-7H2,1-3H3,(H,12,14)(H,13,15). The van der Waals surface area contributed by atoms with Gasteiger partial charge in [0.1, 0.15) is 0 Å². The third-order valence-corrected chi connectivity index (χ3v) is 2.98. The predicted molar refractivity (Wildman–Crippen MR) is 58.2 cm³/mol. The third kappa shape index (κ3) is 3.53. The summed E-state index contributed by atoms with van der Waals surface area (Å²) < 4.78 is 0. The summed E-state index contributed by atoms with van der Waals surface area (Å²) in [4.78, 5) is 22.7. The summed E-state index contributed by atoms with van der Waals surface area (Å²) in [5.74, 6) is 0.0455. The Bertz CT molecular complexity index is 251. The van der Waals surface area contributed by atoms with Crippen molar-refractivity contribution in [3.05, 3.63) is 0 Å². The molecule has 1 aliphatic rings. The van der Waals surface area contributed by atoms with Crippen molar-refractivity contribution in [2.24, 2.45) is 5.92 Å². The lowest BCUT2D eigenvalue weighted by Gasteiger charge is -2.29. The summed E-state index contributed by atoms with van der Waals surface area (Å²) in [5, 5.41) is 5.72. The number of carbonyl (C=O) groups is 2. The summed E-state index contributed by atoms with van der Waals surface area (Å²) in [6.45, 7) is 6.53. The van der Waals surface area contributed by atoms with Crippen LogP contribution >= 0.6 is 0 Å². The molecule has 1 aliphatic heterocycles. The van der Waals surface area contributed by atoms with Crippen molar-refractivity contribution in [2.45, 2.75) is 45.6 Å². The summed E-state index contributed by atoms with van der Waals surface area (Å²) in [6, 6.07) is 0.